The van der Waals surface area contributed by atoms with Crippen molar-refractivity contribution in [2.75, 3.05) is 0 Å². The van der Waals surface area contributed by atoms with Crippen molar-refractivity contribution in [3.8, 4) is 0 Å². The predicted octanol–water partition coefficient (Wildman–Crippen LogP) is -1.88. The summed E-state index contributed by atoms with van der Waals surface area (Å²) in [5, 5.41) is 0. The van der Waals surface area contributed by atoms with Gasteiger partial charge in [0.1, 0.15) is 0 Å². The van der Waals surface area contributed by atoms with Gasteiger partial charge in [-0.05, 0) is 0 Å². The Kier molecular flexibility index (Phi) is 11.1. The fraction of sp³-hybridized carbons (Fsp3) is 0. The van der Waals surface area contributed by atoms with Crippen molar-refractivity contribution in [1.82, 2.24) is 0 Å². The monoisotopic (exact) mass is 571 g/mol. The molecule has 0 aromatic rings. The summed E-state index contributed by atoms with van der Waals surface area (Å²) >= 11 is -2.21. The van der Waals surface area contributed by atoms with Crippen molar-refractivity contribution in [2.45, 2.75) is 0 Å². The third-order valence-corrected chi connectivity index (χ3v) is 4.29. The summed E-state index contributed by atoms with van der Waals surface area (Å²) in [5.41, 5.74) is 0. The number of rotatable bonds is 2. The van der Waals surface area contributed by atoms with Crippen LogP contribution < -0.4 is 0 Å². The van der Waals surface area contributed by atoms with Crippen LogP contribution >= 0.6 is 7.74 Å². The SMILES string of the molecule is [Fe].[Mn].[O]=[Sb][O]P1(O)(O)OO1.[PbH2]. The van der Waals surface area contributed by atoms with E-state index in [1.165, 1.54) is 0 Å². The summed E-state index contributed by atoms with van der Waals surface area (Å²) < 4.78 is 21.0. The molecule has 1 fully saturated rings. The molecule has 11 heteroatoms. The summed E-state index contributed by atoms with van der Waals surface area (Å²) in [6, 6.07) is 0. The van der Waals surface area contributed by atoms with Crippen LogP contribution in [0.1, 0.15) is 0 Å². The van der Waals surface area contributed by atoms with Crippen LogP contribution in [0.25, 0.3) is 0 Å². The molecule has 0 aliphatic carbocycles. The van der Waals surface area contributed by atoms with Crippen molar-refractivity contribution in [3.05, 3.63) is 0 Å². The average Bonchev–Trinajstić information content (AvgIpc) is 2.18. The Morgan fingerprint density at radius 2 is 1.73 bits per heavy atom. The van der Waals surface area contributed by atoms with Crippen LogP contribution in [-0.2, 0) is 49.3 Å². The Balaban J connectivity index is -0.000000213. The maximum atomic E-state index is 9.67. The molecule has 6 nitrogen and oxygen atoms in total. The second-order valence-corrected chi connectivity index (χ2v) is 5.00. The normalized spacial score (nSPS) is 25.1. The molecule has 0 aromatic heterocycles. The van der Waals surface area contributed by atoms with Crippen molar-refractivity contribution >= 4 is 57.1 Å². The number of hydrogen-bond donors (Lipinski definition) is 2. The first-order valence-electron chi connectivity index (χ1n) is 1.48. The van der Waals surface area contributed by atoms with E-state index in [0.29, 0.717) is 0 Å². The molecule has 0 unspecified atom stereocenters. The third kappa shape index (κ3) is 6.82. The summed E-state index contributed by atoms with van der Waals surface area (Å²) in [6.45, 7) is 0. The van der Waals surface area contributed by atoms with Gasteiger partial charge in [0.15, 0.2) is 0 Å². The minimum absolute atomic E-state index is 0. The van der Waals surface area contributed by atoms with Gasteiger partial charge in [-0.3, -0.25) is 0 Å². The Bertz CT molecular complexity index is 135. The molecule has 69 valence electrons. The molecule has 0 bridgehead atoms. The first-order chi connectivity index (χ1) is 3.55. The van der Waals surface area contributed by atoms with Crippen molar-refractivity contribution in [1.29, 1.82) is 0 Å². The molecule has 3 radical (unpaired) electrons. The van der Waals surface area contributed by atoms with Crippen LogP contribution in [-0.4, -0.2) is 59.1 Å². The fourth-order valence-electron chi connectivity index (χ4n) is 0.128. The molecule has 2 N–H and O–H groups in total. The van der Waals surface area contributed by atoms with Gasteiger partial charge in [-0.15, -0.1) is 0 Å². The summed E-state index contributed by atoms with van der Waals surface area (Å²) in [4.78, 5) is 16.9. The summed E-state index contributed by atoms with van der Waals surface area (Å²) in [6.07, 6.45) is 0. The maximum absolute atomic E-state index is 9.67. The second-order valence-electron chi connectivity index (χ2n) is 1.11. The Morgan fingerprint density at radius 1 is 1.36 bits per heavy atom. The van der Waals surface area contributed by atoms with Crippen LogP contribution in [0.5, 0.6) is 0 Å². The second kappa shape index (κ2) is 6.32. The minimum atomic E-state index is -4.60. The first kappa shape index (κ1) is 19.4. The van der Waals surface area contributed by atoms with E-state index in [0.717, 1.165) is 0 Å². The molecule has 0 saturated carbocycles. The van der Waals surface area contributed by atoms with Crippen molar-refractivity contribution in [3.63, 3.8) is 0 Å². The van der Waals surface area contributed by atoms with E-state index in [-0.39, 0.29) is 61.4 Å². The molecule has 0 amide bonds. The third-order valence-electron chi connectivity index (χ3n) is 0.442. The van der Waals surface area contributed by atoms with Crippen LogP contribution in [0.15, 0.2) is 0 Å². The average molecular weight is 571 g/mol. The van der Waals surface area contributed by atoms with E-state index in [4.69, 9.17) is 9.79 Å². The summed E-state index contributed by atoms with van der Waals surface area (Å²) in [7, 11) is -4.60. The zero-order valence-electron chi connectivity index (χ0n) is 4.86. The van der Waals surface area contributed by atoms with Gasteiger partial charge in [0.25, 0.3) is 0 Å². The van der Waals surface area contributed by atoms with Gasteiger partial charge in [0.05, 0.1) is 0 Å². The summed E-state index contributed by atoms with van der Waals surface area (Å²) in [5.74, 6) is 0. The molecule has 1 rings (SSSR count). The van der Waals surface area contributed by atoms with Crippen LogP contribution in [0.2, 0.25) is 0 Å². The van der Waals surface area contributed by atoms with Crippen LogP contribution in [0.3, 0.4) is 0 Å². The van der Waals surface area contributed by atoms with Gasteiger partial charge in [0, 0.05) is 34.1 Å². The molecule has 1 aliphatic heterocycles. The van der Waals surface area contributed by atoms with Crippen LogP contribution in [0.4, 0.5) is 0 Å². The van der Waals surface area contributed by atoms with E-state index in [1.54, 1.807) is 0 Å². The predicted molar refractivity (Wildman–Crippen MR) is 29.6 cm³/mol. The molecular formula is H4FeMnO6PPbSb. The zero-order chi connectivity index (χ0) is 6.28. The van der Waals surface area contributed by atoms with E-state index in [2.05, 4.69) is 12.2 Å². The standard InChI is InChI=1S/Fe.Mn.H2O5P.O.Pb.Sb.2H/c;;1-6(2,3)4-5-6;;;;;/h;;1-2H;;;;;/q;;-1;;;+1;;. The van der Waals surface area contributed by atoms with Crippen LogP contribution in [0, 0.1) is 0 Å². The van der Waals surface area contributed by atoms with Gasteiger partial charge in [-0.2, -0.15) is 0 Å². The molecule has 1 aliphatic rings. The van der Waals surface area contributed by atoms with Gasteiger partial charge in [0.2, 0.25) is 0 Å². The molecule has 0 spiro atoms. The molecular weight excluding hydrogens is 567 g/mol. The Hall–Kier alpha value is 2.81. The van der Waals surface area contributed by atoms with Gasteiger partial charge in [-0.1, -0.05) is 0 Å². The molecule has 1 heterocycles. The van der Waals surface area contributed by atoms with Gasteiger partial charge >= 0.3 is 82.0 Å². The molecule has 11 heavy (non-hydrogen) atoms. The van der Waals surface area contributed by atoms with Crippen molar-refractivity contribution < 1.29 is 59.1 Å². The quantitative estimate of drug-likeness (QED) is 0.175. The van der Waals surface area contributed by atoms with E-state index < -0.39 is 29.8 Å². The zero-order valence-corrected chi connectivity index (χ0v) is 16.1. The van der Waals surface area contributed by atoms with E-state index in [9.17, 15) is 3.02 Å². The Labute approximate surface area is 115 Å². The molecule has 0 atom stereocenters. The van der Waals surface area contributed by atoms with E-state index >= 15 is 0 Å². The molecule has 1 saturated heterocycles. The topological polar surface area (TPSA) is 91.8 Å². The first-order valence-corrected chi connectivity index (χ1v) is 5.46. The van der Waals surface area contributed by atoms with Crippen molar-refractivity contribution in [2.24, 2.45) is 0 Å². The molecule has 0 aromatic carbocycles. The van der Waals surface area contributed by atoms with Gasteiger partial charge < -0.3 is 0 Å². The fourth-order valence-corrected chi connectivity index (χ4v) is 2.09. The van der Waals surface area contributed by atoms with E-state index in [1.807, 2.05) is 0 Å². The Morgan fingerprint density at radius 3 is 1.82 bits per heavy atom. The van der Waals surface area contributed by atoms with Gasteiger partial charge in [-0.25, -0.2) is 0 Å². The number of hydrogen-bond acceptors (Lipinski definition) is 6.